The molecule has 0 bridgehead atoms. The molecule has 0 aliphatic rings. The number of para-hydroxylation sites is 1. The molecule has 0 saturated heterocycles. The van der Waals surface area contributed by atoms with Crippen LogP contribution in [0.5, 0.6) is 0 Å². The fourth-order valence-electron chi connectivity index (χ4n) is 1.68. The van der Waals surface area contributed by atoms with E-state index < -0.39 is 15.8 Å². The second kappa shape index (κ2) is 3.89. The Hall–Kier alpha value is -1.82. The monoisotopic (exact) mass is 254 g/mol. The lowest BCUT2D eigenvalue weighted by Crippen LogP contribution is -2.05. The first-order chi connectivity index (χ1) is 7.88. The molecule has 5 nitrogen and oxygen atoms in total. The van der Waals surface area contributed by atoms with Gasteiger partial charge in [0.05, 0.1) is 5.75 Å². The summed E-state index contributed by atoms with van der Waals surface area (Å²) in [4.78, 5) is 11.0. The minimum Gasteiger partial charge on any atom is -0.475 e. The van der Waals surface area contributed by atoms with Crippen molar-refractivity contribution in [2.75, 3.05) is 6.26 Å². The molecule has 6 heteroatoms. The van der Waals surface area contributed by atoms with Crippen molar-refractivity contribution >= 4 is 26.8 Å². The Labute approximate surface area is 97.6 Å². The molecule has 0 fully saturated rings. The van der Waals surface area contributed by atoms with Crippen molar-refractivity contribution in [1.82, 2.24) is 0 Å². The van der Waals surface area contributed by atoms with E-state index in [2.05, 4.69) is 0 Å². The number of carboxylic acids is 1. The van der Waals surface area contributed by atoms with Crippen LogP contribution in [0.15, 0.2) is 28.7 Å². The van der Waals surface area contributed by atoms with Crippen LogP contribution in [-0.4, -0.2) is 25.7 Å². The largest absolute Gasteiger partial charge is 0.475 e. The van der Waals surface area contributed by atoms with E-state index in [1.54, 1.807) is 24.3 Å². The first kappa shape index (κ1) is 11.7. The molecule has 0 aliphatic carbocycles. The molecule has 0 aliphatic heterocycles. The van der Waals surface area contributed by atoms with E-state index in [1.807, 2.05) is 0 Å². The smallest absolute Gasteiger partial charge is 0.372 e. The molecule has 2 aromatic rings. The summed E-state index contributed by atoms with van der Waals surface area (Å²) in [6.45, 7) is 0. The number of benzene rings is 1. The molecule has 1 aromatic heterocycles. The third kappa shape index (κ3) is 2.31. The lowest BCUT2D eigenvalue weighted by Gasteiger charge is -1.97. The van der Waals surface area contributed by atoms with Crippen molar-refractivity contribution in [1.29, 1.82) is 0 Å². The number of hydrogen-bond donors (Lipinski definition) is 1. The van der Waals surface area contributed by atoms with Gasteiger partial charge in [0.15, 0.2) is 9.84 Å². The zero-order valence-corrected chi connectivity index (χ0v) is 9.82. The molecule has 17 heavy (non-hydrogen) atoms. The number of carbonyl (C=O) groups is 1. The average molecular weight is 254 g/mol. The number of hydrogen-bond acceptors (Lipinski definition) is 4. The molecule has 0 amide bonds. The van der Waals surface area contributed by atoms with Crippen molar-refractivity contribution in [3.05, 3.63) is 35.6 Å². The minimum absolute atomic E-state index is 0.204. The van der Waals surface area contributed by atoms with Crippen LogP contribution in [0.4, 0.5) is 0 Å². The van der Waals surface area contributed by atoms with Gasteiger partial charge in [-0.3, -0.25) is 0 Å². The minimum atomic E-state index is -3.32. The predicted octanol–water partition coefficient (Wildman–Crippen LogP) is 1.68. The molecule has 1 N–H and O–H groups in total. The third-order valence-corrected chi connectivity index (χ3v) is 3.11. The Kier molecular flexibility index (Phi) is 2.66. The molecule has 0 unspecified atom stereocenters. The van der Waals surface area contributed by atoms with E-state index in [0.29, 0.717) is 11.0 Å². The summed E-state index contributed by atoms with van der Waals surface area (Å²) in [5, 5.41) is 9.50. The Morgan fingerprint density at radius 1 is 1.35 bits per heavy atom. The van der Waals surface area contributed by atoms with Crippen molar-refractivity contribution in [3.63, 3.8) is 0 Å². The first-order valence-corrected chi connectivity index (χ1v) is 6.86. The molecular weight excluding hydrogens is 244 g/mol. The number of sulfone groups is 1. The summed E-state index contributed by atoms with van der Waals surface area (Å²) in [5.74, 6) is -1.91. The molecule has 1 heterocycles. The topological polar surface area (TPSA) is 84.6 Å². The van der Waals surface area contributed by atoms with Crippen molar-refractivity contribution in [2.24, 2.45) is 0 Å². The molecular formula is C11H10O5S. The highest BCUT2D eigenvalue weighted by atomic mass is 32.2. The first-order valence-electron chi connectivity index (χ1n) is 4.80. The van der Waals surface area contributed by atoms with Crippen LogP contribution in [0.2, 0.25) is 0 Å². The summed E-state index contributed by atoms with van der Waals surface area (Å²) in [6, 6.07) is 6.65. The maximum Gasteiger partial charge on any atom is 0.372 e. The number of carboxylic acid groups (broad SMARTS) is 1. The van der Waals surface area contributed by atoms with Crippen molar-refractivity contribution < 1.29 is 22.7 Å². The van der Waals surface area contributed by atoms with Crippen LogP contribution in [0.3, 0.4) is 0 Å². The standard InChI is InChI=1S/C11H10O5S/c1-17(14,15)6-8-7-4-2-3-5-9(7)16-10(8)11(12)13/h2-5H,6H2,1H3,(H,12,13). The number of fused-ring (bicyclic) bond motifs is 1. The van der Waals surface area contributed by atoms with Crippen LogP contribution in [0.25, 0.3) is 11.0 Å². The Balaban J connectivity index is 2.72. The van der Waals surface area contributed by atoms with Gasteiger partial charge in [0.25, 0.3) is 0 Å². The van der Waals surface area contributed by atoms with E-state index in [0.717, 1.165) is 6.26 Å². The van der Waals surface area contributed by atoms with E-state index in [4.69, 9.17) is 9.52 Å². The summed E-state index contributed by atoms with van der Waals surface area (Å²) >= 11 is 0. The molecule has 1 aromatic carbocycles. The average Bonchev–Trinajstić information content (AvgIpc) is 2.55. The lowest BCUT2D eigenvalue weighted by molar-refractivity contribution is 0.0664. The molecule has 0 atom stereocenters. The van der Waals surface area contributed by atoms with Crippen molar-refractivity contribution in [2.45, 2.75) is 5.75 Å². The summed E-state index contributed by atoms with van der Waals surface area (Å²) < 4.78 is 27.7. The SMILES string of the molecule is CS(=O)(=O)Cc1c(C(=O)O)oc2ccccc12. The fraction of sp³-hybridized carbons (Fsp3) is 0.182. The highest BCUT2D eigenvalue weighted by Crippen LogP contribution is 2.27. The van der Waals surface area contributed by atoms with Gasteiger partial charge in [-0.05, 0) is 6.07 Å². The predicted molar refractivity (Wildman–Crippen MR) is 61.7 cm³/mol. The van der Waals surface area contributed by atoms with Crippen LogP contribution in [0.1, 0.15) is 16.1 Å². The Morgan fingerprint density at radius 3 is 2.59 bits per heavy atom. The van der Waals surface area contributed by atoms with Crippen LogP contribution in [0, 0.1) is 0 Å². The number of aromatic carboxylic acids is 1. The number of rotatable bonds is 3. The van der Waals surface area contributed by atoms with Crippen LogP contribution >= 0.6 is 0 Å². The maximum absolute atomic E-state index is 11.3. The van der Waals surface area contributed by atoms with Crippen LogP contribution < -0.4 is 0 Å². The van der Waals surface area contributed by atoms with Gasteiger partial charge >= 0.3 is 5.97 Å². The summed E-state index contributed by atoms with van der Waals surface area (Å²) in [7, 11) is -3.32. The molecule has 90 valence electrons. The van der Waals surface area contributed by atoms with E-state index in [-0.39, 0.29) is 17.1 Å². The number of furan rings is 1. The van der Waals surface area contributed by atoms with E-state index in [1.165, 1.54) is 0 Å². The lowest BCUT2D eigenvalue weighted by atomic mass is 10.1. The van der Waals surface area contributed by atoms with Crippen molar-refractivity contribution in [3.8, 4) is 0 Å². The zero-order valence-electron chi connectivity index (χ0n) is 9.00. The van der Waals surface area contributed by atoms with Gasteiger partial charge in [-0.25, -0.2) is 13.2 Å². The molecule has 0 radical (unpaired) electrons. The van der Waals surface area contributed by atoms with E-state index >= 15 is 0 Å². The van der Waals surface area contributed by atoms with E-state index in [9.17, 15) is 13.2 Å². The summed E-state index contributed by atoms with van der Waals surface area (Å²) in [5.41, 5.74) is 0.583. The Bertz CT molecular complexity index is 681. The zero-order chi connectivity index (χ0) is 12.6. The molecule has 0 spiro atoms. The van der Waals surface area contributed by atoms with Gasteiger partial charge < -0.3 is 9.52 Å². The van der Waals surface area contributed by atoms with Gasteiger partial charge in [0.1, 0.15) is 5.58 Å². The highest BCUT2D eigenvalue weighted by molar-refractivity contribution is 7.89. The van der Waals surface area contributed by atoms with Gasteiger partial charge in [-0.2, -0.15) is 0 Å². The van der Waals surface area contributed by atoms with Gasteiger partial charge in [-0.15, -0.1) is 0 Å². The van der Waals surface area contributed by atoms with Gasteiger partial charge in [-0.1, -0.05) is 18.2 Å². The van der Waals surface area contributed by atoms with Gasteiger partial charge in [0.2, 0.25) is 5.76 Å². The highest BCUT2D eigenvalue weighted by Gasteiger charge is 2.22. The third-order valence-electron chi connectivity index (χ3n) is 2.30. The normalized spacial score (nSPS) is 11.8. The molecule has 0 saturated carbocycles. The Morgan fingerprint density at radius 2 is 2.00 bits per heavy atom. The fourth-order valence-corrected chi connectivity index (χ4v) is 2.49. The maximum atomic E-state index is 11.3. The quantitative estimate of drug-likeness (QED) is 0.900. The summed E-state index contributed by atoms with van der Waals surface area (Å²) in [6.07, 6.45) is 1.06. The van der Waals surface area contributed by atoms with Gasteiger partial charge in [0, 0.05) is 17.2 Å². The second-order valence-electron chi connectivity index (χ2n) is 3.78. The molecule has 2 rings (SSSR count). The van der Waals surface area contributed by atoms with Crippen LogP contribution in [-0.2, 0) is 15.6 Å². The second-order valence-corrected chi connectivity index (χ2v) is 5.92.